The van der Waals surface area contributed by atoms with E-state index >= 15 is 8.78 Å². The van der Waals surface area contributed by atoms with Crippen LogP contribution in [0.4, 0.5) is 14.5 Å². The molecule has 0 N–H and O–H groups in total. The number of anilines is 1. The summed E-state index contributed by atoms with van der Waals surface area (Å²) in [4.78, 5) is 0.989. The van der Waals surface area contributed by atoms with Gasteiger partial charge in [-0.05, 0) is 42.5 Å². The maximum absolute atomic E-state index is 16.0. The number of hydrogen-bond acceptors (Lipinski definition) is 4. The van der Waals surface area contributed by atoms with E-state index in [1.165, 1.54) is 7.11 Å². The normalized spacial score (nSPS) is 24.4. The smallest absolute Gasteiger partial charge is 0.397 e. The Labute approximate surface area is 160 Å². The number of benzene rings is 3. The lowest BCUT2D eigenvalue weighted by molar-refractivity contribution is -0.280. The zero-order valence-corrected chi connectivity index (χ0v) is 15.0. The lowest BCUT2D eigenvalue weighted by Crippen LogP contribution is -2.53. The van der Waals surface area contributed by atoms with Crippen LogP contribution in [0.15, 0.2) is 78.9 Å². The summed E-state index contributed by atoms with van der Waals surface area (Å²) in [5.74, 6) is -1.32. The first-order valence-electron chi connectivity index (χ1n) is 8.89. The summed E-state index contributed by atoms with van der Waals surface area (Å²) in [5.41, 5.74) is 1.14. The minimum absolute atomic E-state index is 0.219. The lowest BCUT2D eigenvalue weighted by Gasteiger charge is -2.36. The summed E-state index contributed by atoms with van der Waals surface area (Å²) in [5, 5.41) is 0. The average Bonchev–Trinajstić information content (AvgIpc) is 2.92. The van der Waals surface area contributed by atoms with Crippen LogP contribution in [0, 0.1) is 0 Å². The SMILES string of the molecule is COc1ccc([C@]23Oc4ccccc4[C@H](O2)N(c2ccccc2)C3(F)F)cc1. The van der Waals surface area contributed by atoms with Gasteiger partial charge in [-0.15, -0.1) is 0 Å². The highest BCUT2D eigenvalue weighted by Crippen LogP contribution is 2.61. The molecular weight excluding hydrogens is 364 g/mol. The van der Waals surface area contributed by atoms with Gasteiger partial charge in [0.1, 0.15) is 11.5 Å². The minimum Gasteiger partial charge on any atom is -0.497 e. The maximum Gasteiger partial charge on any atom is 0.397 e. The molecule has 0 aromatic heterocycles. The second-order valence-electron chi connectivity index (χ2n) is 6.70. The van der Waals surface area contributed by atoms with Gasteiger partial charge in [0.2, 0.25) is 0 Å². The van der Waals surface area contributed by atoms with Crippen molar-refractivity contribution in [2.24, 2.45) is 0 Å². The summed E-state index contributed by atoms with van der Waals surface area (Å²) < 4.78 is 49.0. The predicted molar refractivity (Wildman–Crippen MR) is 99.4 cm³/mol. The number of ether oxygens (including phenoxy) is 3. The van der Waals surface area contributed by atoms with Gasteiger partial charge in [0.05, 0.1) is 7.11 Å². The minimum atomic E-state index is -3.47. The quantitative estimate of drug-likeness (QED) is 0.593. The molecule has 0 radical (unpaired) electrons. The molecule has 3 aromatic carbocycles. The summed E-state index contributed by atoms with van der Waals surface area (Å²) >= 11 is 0. The third kappa shape index (κ3) is 2.18. The molecule has 2 heterocycles. The molecule has 2 atom stereocenters. The van der Waals surface area contributed by atoms with Gasteiger partial charge in [-0.25, -0.2) is 0 Å². The third-order valence-electron chi connectivity index (χ3n) is 5.15. The molecular formula is C22H17F2NO3. The van der Waals surface area contributed by atoms with E-state index in [1.54, 1.807) is 78.9 Å². The Balaban J connectivity index is 1.73. The number of nitrogens with zero attached hydrogens (tertiary/aromatic N) is 1. The zero-order chi connectivity index (χ0) is 19.4. The van der Waals surface area contributed by atoms with Gasteiger partial charge in [0, 0.05) is 16.8 Å². The molecule has 1 saturated heterocycles. The zero-order valence-electron chi connectivity index (χ0n) is 15.0. The number of para-hydroxylation sites is 2. The Hall–Kier alpha value is -3.12. The molecule has 3 aromatic rings. The van der Waals surface area contributed by atoms with Gasteiger partial charge in [-0.2, -0.15) is 8.78 Å². The van der Waals surface area contributed by atoms with E-state index in [-0.39, 0.29) is 5.56 Å². The molecule has 0 unspecified atom stereocenters. The van der Waals surface area contributed by atoms with Crippen molar-refractivity contribution in [3.63, 3.8) is 0 Å². The Morgan fingerprint density at radius 3 is 2.29 bits per heavy atom. The van der Waals surface area contributed by atoms with E-state index < -0.39 is 18.1 Å². The average molecular weight is 381 g/mol. The van der Waals surface area contributed by atoms with Gasteiger partial charge in [0.15, 0.2) is 6.23 Å². The van der Waals surface area contributed by atoms with Gasteiger partial charge in [0.25, 0.3) is 0 Å². The molecule has 2 aliphatic heterocycles. The molecule has 2 aliphatic rings. The number of halogens is 2. The van der Waals surface area contributed by atoms with Crippen molar-refractivity contribution in [1.29, 1.82) is 0 Å². The molecule has 142 valence electrons. The molecule has 28 heavy (non-hydrogen) atoms. The van der Waals surface area contributed by atoms with E-state index in [0.29, 0.717) is 22.7 Å². The Kier molecular flexibility index (Phi) is 3.61. The van der Waals surface area contributed by atoms with E-state index in [4.69, 9.17) is 14.2 Å². The van der Waals surface area contributed by atoms with Crippen molar-refractivity contribution in [2.45, 2.75) is 18.1 Å². The third-order valence-corrected chi connectivity index (χ3v) is 5.15. The highest BCUT2D eigenvalue weighted by molar-refractivity contribution is 5.56. The van der Waals surface area contributed by atoms with Crippen LogP contribution < -0.4 is 14.4 Å². The second-order valence-corrected chi connectivity index (χ2v) is 6.70. The molecule has 0 amide bonds. The fourth-order valence-electron chi connectivity index (χ4n) is 3.80. The van der Waals surface area contributed by atoms with Crippen molar-refractivity contribution < 1.29 is 23.0 Å². The molecule has 2 bridgehead atoms. The summed E-state index contributed by atoms with van der Waals surface area (Å²) in [6, 6.07) is 18.4. The fraction of sp³-hybridized carbons (Fsp3) is 0.182. The van der Waals surface area contributed by atoms with E-state index in [2.05, 4.69) is 0 Å². The van der Waals surface area contributed by atoms with Crippen molar-refractivity contribution in [3.8, 4) is 11.5 Å². The molecule has 1 fully saturated rings. The van der Waals surface area contributed by atoms with E-state index in [0.717, 1.165) is 4.90 Å². The molecule has 4 nitrogen and oxygen atoms in total. The van der Waals surface area contributed by atoms with Crippen LogP contribution in [-0.4, -0.2) is 13.2 Å². The van der Waals surface area contributed by atoms with Crippen molar-refractivity contribution >= 4 is 5.69 Å². The first-order valence-corrected chi connectivity index (χ1v) is 8.89. The van der Waals surface area contributed by atoms with Crippen LogP contribution >= 0.6 is 0 Å². The van der Waals surface area contributed by atoms with Crippen LogP contribution in [0.2, 0.25) is 0 Å². The van der Waals surface area contributed by atoms with Crippen LogP contribution in [0.1, 0.15) is 17.4 Å². The molecule has 0 saturated carbocycles. The number of methoxy groups -OCH3 is 1. The molecule has 0 aliphatic carbocycles. The highest BCUT2D eigenvalue weighted by Gasteiger charge is 2.73. The van der Waals surface area contributed by atoms with Crippen molar-refractivity contribution in [1.82, 2.24) is 0 Å². The molecule has 0 spiro atoms. The number of rotatable bonds is 3. The van der Waals surface area contributed by atoms with Crippen molar-refractivity contribution in [3.05, 3.63) is 90.0 Å². The highest BCUT2D eigenvalue weighted by atomic mass is 19.3. The van der Waals surface area contributed by atoms with Gasteiger partial charge in [-0.1, -0.05) is 36.4 Å². The first-order chi connectivity index (χ1) is 13.6. The van der Waals surface area contributed by atoms with Gasteiger partial charge in [-0.3, -0.25) is 4.90 Å². The number of alkyl halides is 2. The summed E-state index contributed by atoms with van der Waals surface area (Å²) in [7, 11) is 1.52. The van der Waals surface area contributed by atoms with Crippen LogP contribution in [0.25, 0.3) is 0 Å². The molecule has 5 rings (SSSR count). The molecule has 6 heteroatoms. The van der Waals surface area contributed by atoms with Gasteiger partial charge < -0.3 is 14.2 Å². The Bertz CT molecular complexity index is 1010. The Morgan fingerprint density at radius 2 is 1.57 bits per heavy atom. The second kappa shape index (κ2) is 5.94. The van der Waals surface area contributed by atoms with Crippen LogP contribution in [0.5, 0.6) is 11.5 Å². The summed E-state index contributed by atoms with van der Waals surface area (Å²) in [6.07, 6.45) is -0.982. The van der Waals surface area contributed by atoms with Gasteiger partial charge >= 0.3 is 11.8 Å². The first kappa shape index (κ1) is 17.0. The largest absolute Gasteiger partial charge is 0.497 e. The van der Waals surface area contributed by atoms with Crippen molar-refractivity contribution in [2.75, 3.05) is 12.0 Å². The standard InChI is InChI=1S/C22H17F2NO3/c1-26-17-13-11-15(12-14-17)21-22(23,24)25(16-7-3-2-4-8-16)20(28-21)18-9-5-6-10-19(18)27-21/h2-14,20H,1H3/t20-,21-/m0/s1. The van der Waals surface area contributed by atoms with E-state index in [1.807, 2.05) is 0 Å². The topological polar surface area (TPSA) is 30.9 Å². The predicted octanol–water partition coefficient (Wildman–Crippen LogP) is 5.07. The monoisotopic (exact) mass is 381 g/mol. The summed E-state index contributed by atoms with van der Waals surface area (Å²) in [6.45, 7) is 0. The maximum atomic E-state index is 16.0. The number of hydrogen-bond donors (Lipinski definition) is 0. The number of fused-ring (bicyclic) bond motifs is 4. The fourth-order valence-corrected chi connectivity index (χ4v) is 3.80. The van der Waals surface area contributed by atoms with Crippen LogP contribution in [0.3, 0.4) is 0 Å². The lowest BCUT2D eigenvalue weighted by atomic mass is 10.0. The van der Waals surface area contributed by atoms with Crippen LogP contribution in [-0.2, 0) is 10.5 Å². The Morgan fingerprint density at radius 1 is 0.893 bits per heavy atom. The van der Waals surface area contributed by atoms with E-state index in [9.17, 15) is 0 Å².